The van der Waals surface area contributed by atoms with Gasteiger partial charge in [0, 0.05) is 7.05 Å². The topological polar surface area (TPSA) is 144 Å². The van der Waals surface area contributed by atoms with Crippen molar-refractivity contribution < 1.29 is 19.8 Å². The van der Waals surface area contributed by atoms with Gasteiger partial charge in [0.1, 0.15) is 11.8 Å². The van der Waals surface area contributed by atoms with E-state index in [2.05, 4.69) is 25.3 Å². The van der Waals surface area contributed by atoms with Crippen LogP contribution in [0.25, 0.3) is 11.2 Å². The number of carboxylic acid groups (broad SMARTS) is 1. The van der Waals surface area contributed by atoms with Crippen LogP contribution in [0.3, 0.4) is 0 Å². The fraction of sp³-hybridized carbons (Fsp3) is 0.417. The molecule has 4 N–H and O–H groups in total. The summed E-state index contributed by atoms with van der Waals surface area (Å²) < 4.78 is 0. The lowest BCUT2D eigenvalue weighted by Gasteiger charge is -2.21. The predicted molar refractivity (Wildman–Crippen MR) is 76.2 cm³/mol. The Morgan fingerprint density at radius 2 is 2.14 bits per heavy atom. The fourth-order valence-corrected chi connectivity index (χ4v) is 1.73. The van der Waals surface area contributed by atoms with Gasteiger partial charge in [0.05, 0.1) is 19.4 Å². The van der Waals surface area contributed by atoms with E-state index in [4.69, 9.17) is 5.11 Å². The monoisotopic (exact) mass is 308 g/mol. The molecule has 10 heteroatoms. The highest BCUT2D eigenvalue weighted by Gasteiger charge is 2.30. The van der Waals surface area contributed by atoms with Crippen molar-refractivity contribution in [1.82, 2.24) is 25.3 Å². The highest BCUT2D eigenvalue weighted by molar-refractivity contribution is 5.87. The number of carboxylic acids is 1. The van der Waals surface area contributed by atoms with Gasteiger partial charge in [0.15, 0.2) is 17.1 Å². The quantitative estimate of drug-likeness (QED) is 0.517. The summed E-state index contributed by atoms with van der Waals surface area (Å²) >= 11 is 0. The summed E-state index contributed by atoms with van der Waals surface area (Å²) in [6, 6.07) is 0. The second-order valence-corrected chi connectivity index (χ2v) is 5.01. The van der Waals surface area contributed by atoms with Crippen molar-refractivity contribution in [3.05, 3.63) is 12.7 Å². The van der Waals surface area contributed by atoms with Crippen LogP contribution in [0, 0.1) is 0 Å². The van der Waals surface area contributed by atoms with Crippen LogP contribution in [0.5, 0.6) is 0 Å². The second kappa shape index (κ2) is 5.93. The number of rotatable bonds is 6. The number of hydrogen-bond acceptors (Lipinski definition) is 7. The van der Waals surface area contributed by atoms with Crippen LogP contribution in [0.4, 0.5) is 5.82 Å². The number of nitrogens with zero attached hydrogens (tertiary/aromatic N) is 4. The molecule has 0 spiro atoms. The summed E-state index contributed by atoms with van der Waals surface area (Å²) in [5.41, 5.74) is -0.943. The lowest BCUT2D eigenvalue weighted by Crippen LogP contribution is -2.48. The highest BCUT2D eigenvalue weighted by Crippen LogP contribution is 2.17. The Kier molecular flexibility index (Phi) is 4.22. The number of aromatic amines is 1. The van der Waals surface area contributed by atoms with Crippen molar-refractivity contribution >= 4 is 28.9 Å². The maximum absolute atomic E-state index is 11.8. The van der Waals surface area contributed by atoms with Gasteiger partial charge >= 0.3 is 5.97 Å². The summed E-state index contributed by atoms with van der Waals surface area (Å²) in [6.07, 6.45) is 2.81. The second-order valence-electron chi connectivity index (χ2n) is 5.01. The molecule has 0 saturated carbocycles. The zero-order valence-electron chi connectivity index (χ0n) is 12.1. The van der Waals surface area contributed by atoms with Gasteiger partial charge in [-0.2, -0.15) is 0 Å². The number of aliphatic hydroxyl groups is 1. The van der Waals surface area contributed by atoms with Crippen LogP contribution in [-0.4, -0.2) is 67.8 Å². The van der Waals surface area contributed by atoms with Crippen molar-refractivity contribution in [2.75, 3.05) is 25.0 Å². The molecule has 1 amide bonds. The fourth-order valence-electron chi connectivity index (χ4n) is 1.73. The van der Waals surface area contributed by atoms with Gasteiger partial charge < -0.3 is 25.4 Å². The van der Waals surface area contributed by atoms with Crippen LogP contribution in [0.1, 0.15) is 6.92 Å². The molecule has 0 fully saturated rings. The maximum Gasteiger partial charge on any atom is 0.337 e. The molecule has 1 unspecified atom stereocenters. The molecule has 118 valence electrons. The van der Waals surface area contributed by atoms with Crippen molar-refractivity contribution in [2.24, 2.45) is 0 Å². The van der Waals surface area contributed by atoms with E-state index >= 15 is 0 Å². The third-order valence-corrected chi connectivity index (χ3v) is 3.04. The first-order valence-corrected chi connectivity index (χ1v) is 6.39. The summed E-state index contributed by atoms with van der Waals surface area (Å²) in [6.45, 7) is 0.650. The Bertz CT molecular complexity index is 698. The standard InChI is InChI=1S/C12H16N6O4/c1-12(22,11(20)21)4-13-7(19)3-18(2)10-8-9(15-5-14-8)16-6-17-10/h5-6,22H,3-4H2,1-2H3,(H,13,19)(H,20,21)(H,14,15,16,17). The molecule has 0 aliphatic rings. The zero-order valence-corrected chi connectivity index (χ0v) is 12.1. The number of hydrogen-bond donors (Lipinski definition) is 4. The summed E-state index contributed by atoms with van der Waals surface area (Å²) in [5.74, 6) is -1.37. The van der Waals surface area contributed by atoms with E-state index < -0.39 is 24.0 Å². The van der Waals surface area contributed by atoms with E-state index in [-0.39, 0.29) is 6.54 Å². The van der Waals surface area contributed by atoms with Crippen LogP contribution < -0.4 is 10.2 Å². The number of H-pyrrole nitrogens is 1. The molecular weight excluding hydrogens is 292 g/mol. The molecule has 2 aromatic heterocycles. The number of aliphatic carboxylic acids is 1. The molecule has 2 heterocycles. The number of likely N-dealkylation sites (N-methyl/N-ethyl adjacent to an activating group) is 1. The number of aromatic nitrogens is 4. The van der Waals surface area contributed by atoms with Gasteiger partial charge in [-0.1, -0.05) is 0 Å². The number of carbonyl (C=O) groups is 2. The van der Waals surface area contributed by atoms with Crippen molar-refractivity contribution in [3.8, 4) is 0 Å². The highest BCUT2D eigenvalue weighted by atomic mass is 16.4. The lowest BCUT2D eigenvalue weighted by molar-refractivity contribution is -0.156. The Hall–Kier alpha value is -2.75. The van der Waals surface area contributed by atoms with Crippen LogP contribution >= 0.6 is 0 Å². The first kappa shape index (κ1) is 15.6. The zero-order chi connectivity index (χ0) is 16.3. The van der Waals surface area contributed by atoms with Crippen LogP contribution in [-0.2, 0) is 9.59 Å². The average Bonchev–Trinajstić information content (AvgIpc) is 2.93. The summed E-state index contributed by atoms with van der Waals surface area (Å²) in [5, 5.41) is 20.7. The van der Waals surface area contributed by atoms with Gasteiger partial charge in [-0.05, 0) is 6.92 Å². The number of nitrogens with one attached hydrogen (secondary N) is 2. The molecule has 1 atom stereocenters. The van der Waals surface area contributed by atoms with Crippen molar-refractivity contribution in [1.29, 1.82) is 0 Å². The number of imidazole rings is 1. The first-order valence-electron chi connectivity index (χ1n) is 6.39. The van der Waals surface area contributed by atoms with Crippen LogP contribution in [0.15, 0.2) is 12.7 Å². The molecular formula is C12H16N6O4. The van der Waals surface area contributed by atoms with Gasteiger partial charge in [-0.3, -0.25) is 4.79 Å². The molecule has 2 aromatic rings. The average molecular weight is 308 g/mol. The number of carbonyl (C=O) groups excluding carboxylic acids is 1. The molecule has 22 heavy (non-hydrogen) atoms. The normalized spacial score (nSPS) is 13.6. The molecule has 0 saturated heterocycles. The van der Waals surface area contributed by atoms with E-state index in [1.165, 1.54) is 12.7 Å². The number of amides is 1. The number of fused-ring (bicyclic) bond motifs is 1. The Labute approximate surface area is 125 Å². The predicted octanol–water partition coefficient (Wildman–Crippen LogP) is -1.26. The van der Waals surface area contributed by atoms with Crippen LogP contribution in [0.2, 0.25) is 0 Å². The third kappa shape index (κ3) is 3.28. The molecule has 10 nitrogen and oxygen atoms in total. The van der Waals surface area contributed by atoms with Gasteiger partial charge in [0.25, 0.3) is 0 Å². The third-order valence-electron chi connectivity index (χ3n) is 3.04. The molecule has 0 bridgehead atoms. The molecule has 0 aromatic carbocycles. The molecule has 0 radical (unpaired) electrons. The minimum Gasteiger partial charge on any atom is -0.479 e. The lowest BCUT2D eigenvalue weighted by atomic mass is 10.1. The minimum absolute atomic E-state index is 0.0686. The summed E-state index contributed by atoms with van der Waals surface area (Å²) in [7, 11) is 1.65. The molecule has 2 rings (SSSR count). The molecule has 0 aliphatic heterocycles. The van der Waals surface area contributed by atoms with Gasteiger partial charge in [-0.25, -0.2) is 19.7 Å². The van der Waals surface area contributed by atoms with E-state index in [1.54, 1.807) is 11.9 Å². The number of anilines is 1. The van der Waals surface area contributed by atoms with Crippen molar-refractivity contribution in [3.63, 3.8) is 0 Å². The van der Waals surface area contributed by atoms with E-state index in [0.717, 1.165) is 6.92 Å². The van der Waals surface area contributed by atoms with Crippen molar-refractivity contribution in [2.45, 2.75) is 12.5 Å². The minimum atomic E-state index is -2.01. The Morgan fingerprint density at radius 3 is 2.82 bits per heavy atom. The largest absolute Gasteiger partial charge is 0.479 e. The van der Waals surface area contributed by atoms with E-state index in [0.29, 0.717) is 17.0 Å². The first-order chi connectivity index (χ1) is 10.3. The van der Waals surface area contributed by atoms with Gasteiger partial charge in [-0.15, -0.1) is 0 Å². The summed E-state index contributed by atoms with van der Waals surface area (Å²) in [4.78, 5) is 39.1. The maximum atomic E-state index is 11.8. The smallest absolute Gasteiger partial charge is 0.337 e. The van der Waals surface area contributed by atoms with Gasteiger partial charge in [0.2, 0.25) is 5.91 Å². The Balaban J connectivity index is 2.00. The van der Waals surface area contributed by atoms with E-state index in [9.17, 15) is 14.7 Å². The SMILES string of the molecule is CN(CC(=O)NCC(C)(O)C(=O)O)c1ncnc2nc[nH]c12. The molecule has 0 aliphatic carbocycles. The van der Waals surface area contributed by atoms with E-state index in [1.807, 2.05) is 0 Å². The Morgan fingerprint density at radius 1 is 1.41 bits per heavy atom.